The molecule has 0 unspecified atom stereocenters. The Kier molecular flexibility index (Phi) is 14.7. The zero-order valence-corrected chi connectivity index (χ0v) is 39.4. The topological polar surface area (TPSA) is 40.5 Å². The number of fused-ring (bicyclic) bond motifs is 2. The van der Waals surface area contributed by atoms with Crippen LogP contribution in [0.4, 0.5) is 0 Å². The van der Waals surface area contributed by atoms with Crippen molar-refractivity contribution < 1.29 is 10.2 Å². The van der Waals surface area contributed by atoms with Gasteiger partial charge in [-0.1, -0.05) is 225 Å². The van der Waals surface area contributed by atoms with Crippen molar-refractivity contribution in [3.8, 4) is 11.1 Å². The van der Waals surface area contributed by atoms with Crippen molar-refractivity contribution in [3.63, 3.8) is 0 Å². The summed E-state index contributed by atoms with van der Waals surface area (Å²) in [5, 5.41) is 34.5. The Morgan fingerprint density at radius 2 is 0.615 bits per heavy atom. The van der Waals surface area contributed by atoms with Gasteiger partial charge in [-0.05, 0) is 43.8 Å². The molecule has 52 heavy (non-hydrogen) atoms. The van der Waals surface area contributed by atoms with Crippen LogP contribution in [0.1, 0.15) is 94.2 Å². The van der Waals surface area contributed by atoms with Crippen LogP contribution in [0, 0.1) is 0 Å². The molecule has 286 valence electrons. The lowest BCUT2D eigenvalue weighted by molar-refractivity contribution is 0.280. The van der Waals surface area contributed by atoms with E-state index in [-0.39, 0.29) is 13.2 Å². The van der Waals surface area contributed by atoms with Crippen molar-refractivity contribution in [2.24, 2.45) is 0 Å². The molecule has 0 spiro atoms. The highest BCUT2D eigenvalue weighted by Crippen LogP contribution is 2.42. The summed E-state index contributed by atoms with van der Waals surface area (Å²) in [6.07, 6.45) is 0. The minimum Gasteiger partial charge on any atom is -0.392 e. The monoisotopic (exact) mass is 770 g/mol. The van der Waals surface area contributed by atoms with Gasteiger partial charge in [0, 0.05) is 0 Å². The van der Waals surface area contributed by atoms with Crippen molar-refractivity contribution in [2.45, 2.75) is 169 Å². The van der Waals surface area contributed by atoms with E-state index in [1.807, 2.05) is 0 Å². The standard InChI is InChI=1S/C46H74O2Si4/c1-13-49(14-2,15-3)37-25-27-39-41(31-37)43(51(19-7,20-8)21-9)29-35(33-47)45(39)46-36(34-48)30-44(52(22-10,23-11)24-12)42-32-38(26-28-40(42)46)50(16-4,17-5)18-6/h25-32,47-48H,13-24,33-34H2,1-12H3. The van der Waals surface area contributed by atoms with Gasteiger partial charge in [0.05, 0.1) is 45.5 Å². The van der Waals surface area contributed by atoms with Crippen molar-refractivity contribution in [2.75, 3.05) is 0 Å². The molecular formula is C46H74O2Si4. The quantitative estimate of drug-likeness (QED) is 0.0932. The Morgan fingerprint density at radius 1 is 0.346 bits per heavy atom. The smallest absolute Gasteiger partial charge is 0.0867 e. The molecule has 6 heteroatoms. The van der Waals surface area contributed by atoms with Crippen LogP contribution in [-0.4, -0.2) is 42.5 Å². The Balaban J connectivity index is 2.34. The SMILES string of the molecule is CC[Si](CC)(CC)c1ccc2c(-c3c(CO)cc([Si](CC)(CC)CC)c4cc([Si](CC)(CC)CC)ccc34)c(CO)cc([Si](CC)(CC)CC)c2c1. The lowest BCUT2D eigenvalue weighted by Gasteiger charge is -2.35. The summed E-state index contributed by atoms with van der Waals surface area (Å²) < 4.78 is 0. The second-order valence-electron chi connectivity index (χ2n) is 16.1. The highest BCUT2D eigenvalue weighted by atomic mass is 28.3. The first-order valence-corrected chi connectivity index (χ1v) is 31.9. The molecular weight excluding hydrogens is 697 g/mol. The highest BCUT2D eigenvalue weighted by molar-refractivity contribution is 6.95. The number of rotatable bonds is 19. The second kappa shape index (κ2) is 17.8. The van der Waals surface area contributed by atoms with Crippen LogP contribution in [0.15, 0.2) is 48.5 Å². The van der Waals surface area contributed by atoms with E-state index in [1.54, 1.807) is 20.7 Å². The molecule has 0 saturated carbocycles. The van der Waals surface area contributed by atoms with Crippen LogP contribution in [-0.2, 0) is 13.2 Å². The first kappa shape index (κ1) is 42.9. The molecule has 2 N–H and O–H groups in total. The average molecular weight is 771 g/mol. The van der Waals surface area contributed by atoms with Gasteiger partial charge in [0.25, 0.3) is 0 Å². The molecule has 0 aliphatic carbocycles. The maximum Gasteiger partial charge on any atom is 0.0867 e. The molecule has 0 fully saturated rings. The first-order valence-electron chi connectivity index (χ1n) is 21.4. The van der Waals surface area contributed by atoms with Gasteiger partial charge in [-0.3, -0.25) is 0 Å². The molecule has 0 bridgehead atoms. The number of hydrogen-bond acceptors (Lipinski definition) is 2. The van der Waals surface area contributed by atoms with Crippen LogP contribution in [0.5, 0.6) is 0 Å². The fourth-order valence-electron chi connectivity index (χ4n) is 10.7. The predicted octanol–water partition coefficient (Wildman–Crippen LogP) is 11.5. The van der Waals surface area contributed by atoms with Gasteiger partial charge in [0.1, 0.15) is 0 Å². The minimum absolute atomic E-state index is 0.000504. The van der Waals surface area contributed by atoms with Crippen LogP contribution in [0.25, 0.3) is 32.7 Å². The van der Waals surface area contributed by atoms with E-state index in [0.717, 1.165) is 22.3 Å². The molecule has 0 heterocycles. The summed E-state index contributed by atoms with van der Waals surface area (Å²) in [5.41, 5.74) is 4.38. The minimum atomic E-state index is -1.84. The van der Waals surface area contributed by atoms with Gasteiger partial charge < -0.3 is 10.2 Å². The van der Waals surface area contributed by atoms with Gasteiger partial charge in [-0.15, -0.1) is 0 Å². The van der Waals surface area contributed by atoms with E-state index >= 15 is 0 Å². The zero-order chi connectivity index (χ0) is 38.5. The molecule has 0 aliphatic heterocycles. The molecule has 4 aromatic rings. The van der Waals surface area contributed by atoms with E-state index in [1.165, 1.54) is 94.1 Å². The lowest BCUT2D eigenvalue weighted by Crippen LogP contribution is -2.48. The maximum atomic E-state index is 11.4. The predicted molar refractivity (Wildman–Crippen MR) is 246 cm³/mol. The summed E-state index contributed by atoms with van der Waals surface area (Å²) in [5.74, 6) is 0. The summed E-state index contributed by atoms with van der Waals surface area (Å²) in [6, 6.07) is 34.9. The molecule has 0 amide bonds. The number of aliphatic hydroxyl groups is 2. The van der Waals surface area contributed by atoms with Crippen LogP contribution < -0.4 is 20.7 Å². The molecule has 4 aromatic carbocycles. The van der Waals surface area contributed by atoms with Gasteiger partial charge in [0.2, 0.25) is 0 Å². The van der Waals surface area contributed by atoms with Crippen LogP contribution >= 0.6 is 0 Å². The lowest BCUT2D eigenvalue weighted by atomic mass is 9.87. The van der Waals surface area contributed by atoms with Gasteiger partial charge >= 0.3 is 0 Å². The Hall–Kier alpha value is -1.81. The molecule has 0 radical (unpaired) electrons. The van der Waals surface area contributed by atoms with Gasteiger partial charge in [-0.2, -0.15) is 0 Å². The average Bonchev–Trinajstić information content (AvgIpc) is 3.20. The van der Waals surface area contributed by atoms with E-state index in [2.05, 4.69) is 132 Å². The summed E-state index contributed by atoms with van der Waals surface area (Å²) in [7, 11) is -6.98. The summed E-state index contributed by atoms with van der Waals surface area (Å²) in [4.78, 5) is 0. The van der Waals surface area contributed by atoms with Crippen LogP contribution in [0.3, 0.4) is 0 Å². The third-order valence-corrected chi connectivity index (χ3v) is 37.9. The van der Waals surface area contributed by atoms with Gasteiger partial charge in [0.15, 0.2) is 0 Å². The van der Waals surface area contributed by atoms with E-state index in [0.29, 0.717) is 0 Å². The summed E-state index contributed by atoms with van der Waals surface area (Å²) >= 11 is 0. The van der Waals surface area contributed by atoms with Crippen LogP contribution in [0.2, 0.25) is 72.5 Å². The second-order valence-corrected chi connectivity index (χ2v) is 37.1. The largest absolute Gasteiger partial charge is 0.392 e. The van der Waals surface area contributed by atoms with Crippen molar-refractivity contribution in [3.05, 3.63) is 59.7 Å². The molecule has 2 nitrogen and oxygen atoms in total. The number of hydrogen-bond donors (Lipinski definition) is 2. The third-order valence-electron chi connectivity index (χ3n) is 15.5. The Labute approximate surface area is 322 Å². The zero-order valence-electron chi connectivity index (χ0n) is 35.4. The normalized spacial score (nSPS) is 13.1. The van der Waals surface area contributed by atoms with E-state index in [9.17, 15) is 10.2 Å². The van der Waals surface area contributed by atoms with E-state index in [4.69, 9.17) is 0 Å². The van der Waals surface area contributed by atoms with E-state index < -0.39 is 32.3 Å². The molecule has 0 aliphatic rings. The third kappa shape index (κ3) is 6.96. The first-order chi connectivity index (χ1) is 25.0. The fourth-order valence-corrected chi connectivity index (χ4v) is 25.7. The summed E-state index contributed by atoms with van der Waals surface area (Å²) in [6.45, 7) is 29.0. The Morgan fingerprint density at radius 3 is 0.846 bits per heavy atom. The molecule has 0 atom stereocenters. The molecule has 4 rings (SSSR count). The Bertz CT molecular complexity index is 1650. The van der Waals surface area contributed by atoms with Gasteiger partial charge in [-0.25, -0.2) is 0 Å². The van der Waals surface area contributed by atoms with Crippen molar-refractivity contribution >= 4 is 74.6 Å². The number of aliphatic hydroxyl groups excluding tert-OH is 2. The number of benzene rings is 4. The molecule has 0 saturated heterocycles. The maximum absolute atomic E-state index is 11.4. The fraction of sp³-hybridized carbons (Fsp3) is 0.565. The molecule has 0 aromatic heterocycles. The highest BCUT2D eigenvalue weighted by Gasteiger charge is 2.37. The van der Waals surface area contributed by atoms with Crippen molar-refractivity contribution in [1.29, 1.82) is 0 Å². The van der Waals surface area contributed by atoms with Crippen molar-refractivity contribution in [1.82, 2.24) is 0 Å².